The van der Waals surface area contributed by atoms with E-state index in [0.717, 1.165) is 18.7 Å². The molecule has 0 aliphatic heterocycles. The molecule has 4 heteroatoms. The fourth-order valence-electron chi connectivity index (χ4n) is 2.42. The summed E-state index contributed by atoms with van der Waals surface area (Å²) in [6, 6.07) is 12.1. The van der Waals surface area contributed by atoms with Crippen LogP contribution in [0.1, 0.15) is 44.5 Å². The van der Waals surface area contributed by atoms with E-state index in [4.69, 9.17) is 0 Å². The first-order chi connectivity index (χ1) is 10.8. The zero-order chi connectivity index (χ0) is 17.0. The van der Waals surface area contributed by atoms with Crippen LogP contribution < -0.4 is 5.56 Å². The Morgan fingerprint density at radius 2 is 1.65 bits per heavy atom. The molecule has 0 radical (unpaired) electrons. The molecule has 0 aliphatic rings. The lowest BCUT2D eigenvalue weighted by atomic mass is 9.92. The van der Waals surface area contributed by atoms with Crippen molar-refractivity contribution < 1.29 is 0 Å². The van der Waals surface area contributed by atoms with Gasteiger partial charge in [-0.3, -0.25) is 9.69 Å². The van der Waals surface area contributed by atoms with Gasteiger partial charge >= 0.3 is 0 Å². The van der Waals surface area contributed by atoms with Gasteiger partial charge in [-0.15, -0.1) is 0 Å². The maximum atomic E-state index is 12.0. The summed E-state index contributed by atoms with van der Waals surface area (Å²) in [6.45, 7) is 9.73. The van der Waals surface area contributed by atoms with Gasteiger partial charge in [0.25, 0.3) is 5.56 Å². The second-order valence-electron chi connectivity index (χ2n) is 7.13. The van der Waals surface area contributed by atoms with Crippen LogP contribution in [0, 0.1) is 0 Å². The standard InChI is InChI=1S/C19H27N3O/c1-6-15-7-9-16(10-8-15)13-21(5)14-22-18(23)12-11-17(20-22)19(2,3)4/h7-12H,6,13-14H2,1-5H3. The molecule has 1 aromatic carbocycles. The number of nitrogens with zero attached hydrogens (tertiary/aromatic N) is 3. The summed E-state index contributed by atoms with van der Waals surface area (Å²) in [5, 5.41) is 4.52. The van der Waals surface area contributed by atoms with Gasteiger partial charge in [-0.1, -0.05) is 52.0 Å². The van der Waals surface area contributed by atoms with Gasteiger partial charge in [0.2, 0.25) is 0 Å². The van der Waals surface area contributed by atoms with Gasteiger partial charge < -0.3 is 0 Å². The highest BCUT2D eigenvalue weighted by molar-refractivity contribution is 5.22. The van der Waals surface area contributed by atoms with E-state index in [1.807, 2.05) is 13.1 Å². The number of hydrogen-bond acceptors (Lipinski definition) is 3. The monoisotopic (exact) mass is 313 g/mol. The summed E-state index contributed by atoms with van der Waals surface area (Å²) < 4.78 is 1.54. The van der Waals surface area contributed by atoms with Crippen LogP contribution in [0.2, 0.25) is 0 Å². The summed E-state index contributed by atoms with van der Waals surface area (Å²) in [6.07, 6.45) is 1.05. The Bertz CT molecular complexity index is 696. The van der Waals surface area contributed by atoms with E-state index >= 15 is 0 Å². The zero-order valence-corrected chi connectivity index (χ0v) is 14.8. The molecule has 124 valence electrons. The smallest absolute Gasteiger partial charge is 0.267 e. The first-order valence-electron chi connectivity index (χ1n) is 8.14. The van der Waals surface area contributed by atoms with Crippen molar-refractivity contribution in [2.45, 2.75) is 52.7 Å². The fraction of sp³-hybridized carbons (Fsp3) is 0.474. The molecule has 0 saturated carbocycles. The predicted molar refractivity (Wildman–Crippen MR) is 94.5 cm³/mol. The molecule has 0 aliphatic carbocycles. The van der Waals surface area contributed by atoms with Gasteiger partial charge in [0.15, 0.2) is 0 Å². The van der Waals surface area contributed by atoms with Crippen molar-refractivity contribution >= 4 is 0 Å². The van der Waals surface area contributed by atoms with E-state index in [1.165, 1.54) is 11.1 Å². The molecule has 0 N–H and O–H groups in total. The molecule has 1 aromatic heterocycles. The van der Waals surface area contributed by atoms with Gasteiger partial charge in [0.05, 0.1) is 12.4 Å². The maximum Gasteiger partial charge on any atom is 0.267 e. The Morgan fingerprint density at radius 1 is 1.04 bits per heavy atom. The summed E-state index contributed by atoms with van der Waals surface area (Å²) in [7, 11) is 2.01. The Kier molecular flexibility index (Phi) is 5.37. The number of benzene rings is 1. The molecule has 0 amide bonds. The Labute approximate surface area is 138 Å². The number of hydrogen-bond donors (Lipinski definition) is 0. The zero-order valence-electron chi connectivity index (χ0n) is 14.8. The third kappa shape index (κ3) is 4.76. The van der Waals surface area contributed by atoms with Crippen LogP contribution in [-0.4, -0.2) is 21.7 Å². The third-order valence-corrected chi connectivity index (χ3v) is 3.89. The minimum Gasteiger partial charge on any atom is -0.283 e. The second-order valence-corrected chi connectivity index (χ2v) is 7.13. The highest BCUT2D eigenvalue weighted by Crippen LogP contribution is 2.18. The van der Waals surface area contributed by atoms with Crippen molar-refractivity contribution in [2.75, 3.05) is 7.05 Å². The molecule has 23 heavy (non-hydrogen) atoms. The third-order valence-electron chi connectivity index (χ3n) is 3.89. The van der Waals surface area contributed by atoms with Crippen molar-refractivity contribution in [2.24, 2.45) is 0 Å². The Balaban J connectivity index is 2.10. The molecule has 0 atom stereocenters. The van der Waals surface area contributed by atoms with E-state index in [0.29, 0.717) is 6.67 Å². The summed E-state index contributed by atoms with van der Waals surface area (Å²) in [5.74, 6) is 0. The minimum absolute atomic E-state index is 0.0637. The molecule has 2 aromatic rings. The van der Waals surface area contributed by atoms with Gasteiger partial charge in [0, 0.05) is 18.0 Å². The molecule has 4 nitrogen and oxygen atoms in total. The van der Waals surface area contributed by atoms with Gasteiger partial charge in [-0.05, 0) is 30.7 Å². The fourth-order valence-corrected chi connectivity index (χ4v) is 2.42. The van der Waals surface area contributed by atoms with Crippen molar-refractivity contribution in [3.63, 3.8) is 0 Å². The van der Waals surface area contributed by atoms with Crippen molar-refractivity contribution in [3.05, 3.63) is 63.6 Å². The van der Waals surface area contributed by atoms with Crippen LogP contribution in [0.4, 0.5) is 0 Å². The van der Waals surface area contributed by atoms with Crippen LogP contribution in [0.15, 0.2) is 41.2 Å². The van der Waals surface area contributed by atoms with Crippen molar-refractivity contribution in [3.8, 4) is 0 Å². The van der Waals surface area contributed by atoms with E-state index in [1.54, 1.807) is 10.7 Å². The second kappa shape index (κ2) is 7.09. The van der Waals surface area contributed by atoms with Crippen molar-refractivity contribution in [1.29, 1.82) is 0 Å². The van der Waals surface area contributed by atoms with Crippen LogP contribution in [0.5, 0.6) is 0 Å². The van der Waals surface area contributed by atoms with Crippen LogP contribution in [0.3, 0.4) is 0 Å². The van der Waals surface area contributed by atoms with E-state index in [-0.39, 0.29) is 11.0 Å². The number of rotatable bonds is 5. The van der Waals surface area contributed by atoms with E-state index < -0.39 is 0 Å². The van der Waals surface area contributed by atoms with Crippen molar-refractivity contribution in [1.82, 2.24) is 14.7 Å². The van der Waals surface area contributed by atoms with Crippen LogP contribution in [0.25, 0.3) is 0 Å². The first kappa shape index (κ1) is 17.4. The SMILES string of the molecule is CCc1ccc(CN(C)Cn2nc(C(C)(C)C)ccc2=O)cc1. The first-order valence-corrected chi connectivity index (χ1v) is 8.14. The normalized spacial score (nSPS) is 11.9. The molecule has 0 saturated heterocycles. The number of aromatic nitrogens is 2. The van der Waals surface area contributed by atoms with Gasteiger partial charge in [0.1, 0.15) is 0 Å². The quantitative estimate of drug-likeness (QED) is 0.851. The maximum absolute atomic E-state index is 12.0. The molecule has 0 bridgehead atoms. The van der Waals surface area contributed by atoms with E-state index in [2.05, 4.69) is 62.0 Å². The Hall–Kier alpha value is -1.94. The van der Waals surface area contributed by atoms with Crippen LogP contribution in [-0.2, 0) is 25.0 Å². The Morgan fingerprint density at radius 3 is 2.22 bits per heavy atom. The van der Waals surface area contributed by atoms with Crippen LogP contribution >= 0.6 is 0 Å². The highest BCUT2D eigenvalue weighted by atomic mass is 16.1. The lowest BCUT2D eigenvalue weighted by Gasteiger charge is -2.21. The molecule has 1 heterocycles. The highest BCUT2D eigenvalue weighted by Gasteiger charge is 2.16. The lowest BCUT2D eigenvalue weighted by Crippen LogP contribution is -2.33. The molecule has 0 spiro atoms. The lowest BCUT2D eigenvalue weighted by molar-refractivity contribution is 0.237. The topological polar surface area (TPSA) is 38.1 Å². The average Bonchev–Trinajstić information content (AvgIpc) is 2.49. The average molecular weight is 313 g/mol. The molecular weight excluding hydrogens is 286 g/mol. The van der Waals surface area contributed by atoms with Gasteiger partial charge in [-0.25, -0.2) is 4.68 Å². The molecule has 0 unspecified atom stereocenters. The molecule has 0 fully saturated rings. The summed E-state index contributed by atoms with van der Waals surface area (Å²) in [5.41, 5.74) is 3.38. The summed E-state index contributed by atoms with van der Waals surface area (Å²) >= 11 is 0. The molecular formula is C19H27N3O. The van der Waals surface area contributed by atoms with Gasteiger partial charge in [-0.2, -0.15) is 5.10 Å². The predicted octanol–water partition coefficient (Wildman–Crippen LogP) is 3.19. The van der Waals surface area contributed by atoms with E-state index in [9.17, 15) is 4.79 Å². The minimum atomic E-state index is -0.0655. The molecule has 2 rings (SSSR count). The number of aryl methyl sites for hydroxylation is 1. The summed E-state index contributed by atoms with van der Waals surface area (Å²) in [4.78, 5) is 14.1. The largest absolute Gasteiger partial charge is 0.283 e.